The third-order valence-electron chi connectivity index (χ3n) is 6.47. The lowest BCUT2D eigenvalue weighted by atomic mass is 9.77. The molecule has 4 N–H and O–H groups in total. The van der Waals surface area contributed by atoms with Gasteiger partial charge in [-0.25, -0.2) is 4.39 Å². The third-order valence-corrected chi connectivity index (χ3v) is 6.47. The van der Waals surface area contributed by atoms with Gasteiger partial charge in [-0.1, -0.05) is 49.6 Å². The Morgan fingerprint density at radius 2 is 1.61 bits per heavy atom. The Morgan fingerprint density at radius 3 is 2.17 bits per heavy atom. The van der Waals surface area contributed by atoms with Crippen LogP contribution in [0, 0.1) is 11.7 Å². The van der Waals surface area contributed by atoms with E-state index in [9.17, 15) is 32.3 Å². The van der Waals surface area contributed by atoms with Gasteiger partial charge in [0, 0.05) is 5.92 Å². The number of alkyl halides is 3. The lowest BCUT2D eigenvalue weighted by molar-refractivity contribution is -0.137. The molecule has 0 heterocycles. The fourth-order valence-electron chi connectivity index (χ4n) is 4.53. The normalized spacial score (nSPS) is 16.2. The zero-order chi connectivity index (χ0) is 30.6. The number of aldehydes is 1. The van der Waals surface area contributed by atoms with Crippen LogP contribution in [0.5, 0.6) is 5.75 Å². The molecule has 3 aromatic rings. The van der Waals surface area contributed by atoms with E-state index in [0.29, 0.717) is 25.2 Å². The average molecular weight is 595 g/mol. The van der Waals surface area contributed by atoms with Crippen molar-refractivity contribution >= 4 is 37.2 Å². The number of carbonyl (C=O) groups is 3. The van der Waals surface area contributed by atoms with Crippen LogP contribution in [-0.4, -0.2) is 35.9 Å². The molecule has 1 amide bonds. The van der Waals surface area contributed by atoms with Gasteiger partial charge in [-0.15, -0.1) is 0 Å². The summed E-state index contributed by atoms with van der Waals surface area (Å²) in [4.78, 5) is 32.2. The molecule has 41 heavy (non-hydrogen) atoms. The van der Waals surface area contributed by atoms with E-state index in [1.54, 1.807) is 19.2 Å². The molecule has 2 unspecified atom stereocenters. The number of aromatic hydroxyl groups is 1. The number of hydrogen-bond acceptors (Lipinski definition) is 6. The molecular formula is C29H30F4N2O5S. The van der Waals surface area contributed by atoms with Crippen LogP contribution in [-0.2, 0) is 15.8 Å². The van der Waals surface area contributed by atoms with Crippen molar-refractivity contribution < 1.29 is 42.2 Å². The van der Waals surface area contributed by atoms with E-state index < -0.39 is 23.5 Å². The number of halogens is 4. The van der Waals surface area contributed by atoms with Gasteiger partial charge < -0.3 is 15.5 Å². The highest BCUT2D eigenvalue weighted by Gasteiger charge is 2.32. The summed E-state index contributed by atoms with van der Waals surface area (Å²) in [6.45, 7) is -0.250. The second-order valence-corrected chi connectivity index (χ2v) is 9.53. The molecule has 1 fully saturated rings. The molecule has 0 spiro atoms. The zero-order valence-electron chi connectivity index (χ0n) is 22.0. The molecule has 7 nitrogen and oxygen atoms in total. The number of carboxylic acid groups (broad SMARTS) is 1. The summed E-state index contributed by atoms with van der Waals surface area (Å²) in [5.74, 6) is -1.89. The van der Waals surface area contributed by atoms with E-state index in [4.69, 9.17) is 9.90 Å². The zero-order valence-corrected chi connectivity index (χ0v) is 22.9. The fraction of sp³-hybridized carbons (Fsp3) is 0.276. The standard InChI is InChI=1S/C27H23F4NO3.CH5NS.CH2O2/c28-23-14-22(27(29,30)31)9-10-24(23)32-26(35)20-3-1-2-18(12-20)16-4-6-17(7-5-16)19-8-11-25(34)21(13-19)15-33;1-2-3;2-1-3/h4-11,13-15,18,20,34H,1-3,12H2,(H,32,35);2-3H,1H3;1H,(H,2,3). The van der Waals surface area contributed by atoms with Crippen LogP contribution in [0.4, 0.5) is 23.2 Å². The van der Waals surface area contributed by atoms with Crippen molar-refractivity contribution in [2.24, 2.45) is 5.92 Å². The number of rotatable bonds is 5. The summed E-state index contributed by atoms with van der Waals surface area (Å²) >= 11 is 3.54. The predicted octanol–water partition coefficient (Wildman–Crippen LogP) is 6.69. The minimum Gasteiger partial charge on any atom is -0.507 e. The first-order chi connectivity index (χ1) is 19.5. The third kappa shape index (κ3) is 9.61. The number of hydrogen-bond donors (Lipinski definition) is 5. The molecule has 1 aliphatic carbocycles. The second kappa shape index (κ2) is 15.8. The van der Waals surface area contributed by atoms with Crippen molar-refractivity contribution in [3.05, 3.63) is 83.2 Å². The van der Waals surface area contributed by atoms with Gasteiger partial charge in [0.1, 0.15) is 11.6 Å². The predicted molar refractivity (Wildman–Crippen MR) is 150 cm³/mol. The molecule has 220 valence electrons. The van der Waals surface area contributed by atoms with Crippen molar-refractivity contribution in [1.82, 2.24) is 4.72 Å². The Morgan fingerprint density at radius 1 is 1.00 bits per heavy atom. The van der Waals surface area contributed by atoms with Gasteiger partial charge in [-0.2, -0.15) is 13.2 Å². The Kier molecular flexibility index (Phi) is 12.8. The lowest BCUT2D eigenvalue weighted by Crippen LogP contribution is -2.28. The van der Waals surface area contributed by atoms with E-state index in [1.807, 2.05) is 24.3 Å². The minimum absolute atomic E-state index is 0.0805. The van der Waals surface area contributed by atoms with Gasteiger partial charge in [-0.05, 0) is 79.3 Å². The Hall–Kier alpha value is -3.90. The summed E-state index contributed by atoms with van der Waals surface area (Å²) in [6.07, 6.45) is -1.23. The van der Waals surface area contributed by atoms with Crippen LogP contribution in [0.3, 0.4) is 0 Å². The number of amides is 1. The molecule has 0 radical (unpaired) electrons. The largest absolute Gasteiger partial charge is 0.507 e. The molecule has 1 saturated carbocycles. The molecule has 1 aliphatic rings. The van der Waals surface area contributed by atoms with E-state index >= 15 is 0 Å². The van der Waals surface area contributed by atoms with Crippen molar-refractivity contribution in [2.75, 3.05) is 12.4 Å². The van der Waals surface area contributed by atoms with E-state index in [0.717, 1.165) is 41.7 Å². The molecule has 0 saturated heterocycles. The summed E-state index contributed by atoms with van der Waals surface area (Å²) in [5.41, 5.74) is 1.54. The highest BCUT2D eigenvalue weighted by atomic mass is 32.1. The Balaban J connectivity index is 0.000000901. The first-order valence-corrected chi connectivity index (χ1v) is 12.9. The number of thiol groups is 1. The molecule has 3 aromatic carbocycles. The van der Waals surface area contributed by atoms with Gasteiger partial charge >= 0.3 is 6.18 Å². The highest BCUT2D eigenvalue weighted by Crippen LogP contribution is 2.38. The summed E-state index contributed by atoms with van der Waals surface area (Å²) < 4.78 is 54.8. The molecule has 4 rings (SSSR count). The monoisotopic (exact) mass is 594 g/mol. The van der Waals surface area contributed by atoms with E-state index in [1.165, 1.54) is 6.07 Å². The minimum atomic E-state index is -4.66. The van der Waals surface area contributed by atoms with Gasteiger partial charge in [0.25, 0.3) is 6.47 Å². The number of phenols is 1. The maximum Gasteiger partial charge on any atom is 0.416 e. The quantitative estimate of drug-likeness (QED) is 0.128. The van der Waals surface area contributed by atoms with Crippen LogP contribution < -0.4 is 10.0 Å². The van der Waals surface area contributed by atoms with Crippen LogP contribution >= 0.6 is 12.8 Å². The van der Waals surface area contributed by atoms with Crippen molar-refractivity contribution in [3.8, 4) is 16.9 Å². The number of anilines is 1. The maximum atomic E-state index is 14.1. The molecular weight excluding hydrogens is 564 g/mol. The van der Waals surface area contributed by atoms with Gasteiger partial charge in [0.2, 0.25) is 5.91 Å². The second-order valence-electron chi connectivity index (χ2n) is 9.08. The molecule has 2 atom stereocenters. The summed E-state index contributed by atoms with van der Waals surface area (Å²) in [7, 11) is 1.74. The van der Waals surface area contributed by atoms with Gasteiger partial charge in [0.15, 0.2) is 6.29 Å². The smallest absolute Gasteiger partial charge is 0.416 e. The number of nitrogens with one attached hydrogen (secondary N) is 2. The fourth-order valence-corrected chi connectivity index (χ4v) is 4.53. The number of carbonyl (C=O) groups excluding carboxylic acids is 2. The summed E-state index contributed by atoms with van der Waals surface area (Å²) in [5, 5.41) is 19.0. The van der Waals surface area contributed by atoms with Crippen LogP contribution in [0.25, 0.3) is 11.1 Å². The average Bonchev–Trinajstić information content (AvgIpc) is 2.95. The van der Waals surface area contributed by atoms with Crippen molar-refractivity contribution in [1.29, 1.82) is 0 Å². The Labute approximate surface area is 240 Å². The van der Waals surface area contributed by atoms with E-state index in [2.05, 4.69) is 22.9 Å². The first-order valence-electron chi connectivity index (χ1n) is 12.4. The SMILES string of the molecule is CNS.O=CO.O=Cc1cc(-c2ccc(C3CCCC(C(=O)Nc4ccc(C(F)(F)F)cc4F)C3)cc2)ccc1O. The van der Waals surface area contributed by atoms with Crippen molar-refractivity contribution in [3.63, 3.8) is 0 Å². The van der Waals surface area contributed by atoms with E-state index in [-0.39, 0.29) is 35.3 Å². The van der Waals surface area contributed by atoms with Gasteiger partial charge in [-0.3, -0.25) is 19.1 Å². The van der Waals surface area contributed by atoms with Crippen molar-refractivity contribution in [2.45, 2.75) is 37.8 Å². The highest BCUT2D eigenvalue weighted by molar-refractivity contribution is 7.78. The Bertz CT molecular complexity index is 1320. The van der Waals surface area contributed by atoms with Crippen LogP contribution in [0.1, 0.15) is 53.1 Å². The van der Waals surface area contributed by atoms with Crippen LogP contribution in [0.2, 0.25) is 0 Å². The van der Waals surface area contributed by atoms with Gasteiger partial charge in [0.05, 0.1) is 16.8 Å². The molecule has 0 aliphatic heterocycles. The molecule has 0 aromatic heterocycles. The molecule has 0 bridgehead atoms. The lowest BCUT2D eigenvalue weighted by Gasteiger charge is -2.29. The summed E-state index contributed by atoms with van der Waals surface area (Å²) in [6, 6.07) is 14.6. The molecule has 12 heteroatoms. The number of phenolic OH excluding ortho intramolecular Hbond substituents is 1. The first kappa shape index (κ1) is 33.3. The number of benzene rings is 3. The topological polar surface area (TPSA) is 116 Å². The van der Waals surface area contributed by atoms with Crippen LogP contribution in [0.15, 0.2) is 60.7 Å². The maximum absolute atomic E-state index is 14.1.